The van der Waals surface area contributed by atoms with Crippen LogP contribution >= 0.6 is 0 Å². The Kier molecular flexibility index (Phi) is 11.1. The normalized spacial score (nSPS) is 15.3. The average molecular weight is 549 g/mol. The molecule has 0 aromatic carbocycles. The van der Waals surface area contributed by atoms with Crippen LogP contribution in [0.3, 0.4) is 0 Å². The molecule has 4 atom stereocenters. The first-order chi connectivity index (χ1) is 18.4. The first-order valence-corrected chi connectivity index (χ1v) is 12.3. The summed E-state index contributed by atoms with van der Waals surface area (Å²) in [5.41, 5.74) is 4.68. The smallest absolute Gasteiger partial charge is 0.322 e. The summed E-state index contributed by atoms with van der Waals surface area (Å²) in [4.78, 5) is 41.4. The topological polar surface area (TPSA) is 189 Å². The number of esters is 3. The lowest BCUT2D eigenvalue weighted by molar-refractivity contribution is -0.201. The van der Waals surface area contributed by atoms with Crippen LogP contribution in [0.5, 0.6) is 0 Å². The molecule has 0 aliphatic heterocycles. The Morgan fingerprint density at radius 3 is 2.28 bits per heavy atom. The Hall–Kier alpha value is -3.80. The van der Waals surface area contributed by atoms with Crippen molar-refractivity contribution in [1.29, 1.82) is 5.26 Å². The molecule has 14 heteroatoms. The summed E-state index contributed by atoms with van der Waals surface area (Å²) < 4.78 is 29.0. The molecule has 2 aromatic heterocycles. The van der Waals surface area contributed by atoms with Gasteiger partial charge in [0.1, 0.15) is 24.0 Å². The molecular weight excluding hydrogens is 512 g/mol. The molecule has 14 nitrogen and oxygen atoms in total. The molecule has 0 saturated carbocycles. The van der Waals surface area contributed by atoms with E-state index >= 15 is 0 Å². The minimum atomic E-state index is -1.97. The van der Waals surface area contributed by atoms with Gasteiger partial charge in [0.25, 0.3) is 0 Å². The number of nitrogens with two attached hydrogens (primary N) is 1. The number of hydrogen-bond acceptors (Lipinski definition) is 13. The van der Waals surface area contributed by atoms with E-state index in [2.05, 4.69) is 20.1 Å². The molecule has 0 spiro atoms. The van der Waals surface area contributed by atoms with Gasteiger partial charge in [0.05, 0.1) is 38.0 Å². The number of carbonyl (C=O) groups is 3. The number of rotatable bonds is 14. The number of nitrogens with one attached hydrogen (secondary N) is 1. The summed E-state index contributed by atoms with van der Waals surface area (Å²) in [6.07, 6.45) is -1.67. The zero-order valence-corrected chi connectivity index (χ0v) is 23.2. The lowest BCUT2D eigenvalue weighted by Crippen LogP contribution is -2.54. The Morgan fingerprint density at radius 2 is 1.72 bits per heavy atom. The Labute approximate surface area is 226 Å². The van der Waals surface area contributed by atoms with Crippen LogP contribution in [0.15, 0.2) is 18.5 Å². The van der Waals surface area contributed by atoms with Crippen molar-refractivity contribution in [2.75, 3.05) is 33.3 Å². The minimum Gasteiger partial charge on any atom is -0.468 e. The van der Waals surface area contributed by atoms with Gasteiger partial charge in [-0.3, -0.25) is 19.7 Å². The Bertz CT molecular complexity index is 1190. The SMILES string of the molecule is COC(=O)[C@H](C)NCOC[C@@](C#N)(OC)[C@@H](OC(=O)C(C)C)[C@@H](OC(=O)C(C)C)c1ccc2c(N)ncnn12. The van der Waals surface area contributed by atoms with Crippen molar-refractivity contribution < 1.29 is 38.1 Å². The van der Waals surface area contributed by atoms with Gasteiger partial charge < -0.3 is 29.4 Å². The summed E-state index contributed by atoms with van der Waals surface area (Å²) in [5, 5.41) is 17.4. The van der Waals surface area contributed by atoms with Crippen LogP contribution in [0.25, 0.3) is 5.52 Å². The van der Waals surface area contributed by atoms with Crippen molar-refractivity contribution in [3.8, 4) is 6.07 Å². The lowest BCUT2D eigenvalue weighted by atomic mass is 9.92. The number of fused-ring (bicyclic) bond motifs is 1. The molecule has 2 aromatic rings. The Balaban J connectivity index is 2.59. The van der Waals surface area contributed by atoms with Crippen molar-refractivity contribution in [2.24, 2.45) is 11.8 Å². The summed E-state index contributed by atoms with van der Waals surface area (Å²) in [6, 6.07) is 4.53. The fourth-order valence-corrected chi connectivity index (χ4v) is 3.44. The molecule has 0 bridgehead atoms. The second-order valence-corrected chi connectivity index (χ2v) is 9.37. The zero-order valence-electron chi connectivity index (χ0n) is 23.2. The number of carbonyl (C=O) groups excluding carboxylic acids is 3. The van der Waals surface area contributed by atoms with E-state index in [0.717, 1.165) is 0 Å². The van der Waals surface area contributed by atoms with Gasteiger partial charge in [-0.2, -0.15) is 10.4 Å². The molecule has 0 amide bonds. The predicted molar refractivity (Wildman–Crippen MR) is 137 cm³/mol. The highest BCUT2D eigenvalue weighted by atomic mass is 16.6. The van der Waals surface area contributed by atoms with Crippen LogP contribution in [0.4, 0.5) is 5.82 Å². The number of aromatic nitrogens is 3. The van der Waals surface area contributed by atoms with E-state index in [1.54, 1.807) is 46.8 Å². The van der Waals surface area contributed by atoms with E-state index in [-0.39, 0.29) is 18.2 Å². The number of nitrogens with zero attached hydrogens (tertiary/aromatic N) is 4. The van der Waals surface area contributed by atoms with Gasteiger partial charge in [-0.25, -0.2) is 9.50 Å². The minimum absolute atomic E-state index is 0.160. The maximum atomic E-state index is 12.9. The maximum absolute atomic E-state index is 12.9. The van der Waals surface area contributed by atoms with Gasteiger partial charge in [-0.15, -0.1) is 0 Å². The van der Waals surface area contributed by atoms with Gasteiger partial charge in [0.2, 0.25) is 5.60 Å². The molecule has 2 heterocycles. The first-order valence-electron chi connectivity index (χ1n) is 12.3. The van der Waals surface area contributed by atoms with Crippen molar-refractivity contribution in [1.82, 2.24) is 19.9 Å². The molecular formula is C25H36N6O8. The molecule has 2 rings (SSSR count). The summed E-state index contributed by atoms with van der Waals surface area (Å²) >= 11 is 0. The fourth-order valence-electron chi connectivity index (χ4n) is 3.44. The van der Waals surface area contributed by atoms with E-state index in [1.165, 1.54) is 25.1 Å². The number of hydrogen-bond donors (Lipinski definition) is 2. The van der Waals surface area contributed by atoms with Gasteiger partial charge in [0.15, 0.2) is 18.0 Å². The number of methoxy groups -OCH3 is 2. The second-order valence-electron chi connectivity index (χ2n) is 9.37. The van der Waals surface area contributed by atoms with Crippen LogP contribution in [-0.4, -0.2) is 77.8 Å². The monoisotopic (exact) mass is 548 g/mol. The zero-order chi connectivity index (χ0) is 29.3. The van der Waals surface area contributed by atoms with Crippen LogP contribution in [0, 0.1) is 23.2 Å². The number of nitrogen functional groups attached to an aromatic ring is 1. The molecule has 0 fully saturated rings. The van der Waals surface area contributed by atoms with Crippen molar-refractivity contribution >= 4 is 29.2 Å². The molecule has 3 N–H and O–H groups in total. The van der Waals surface area contributed by atoms with Crippen LogP contribution in [-0.2, 0) is 38.1 Å². The summed E-state index contributed by atoms with van der Waals surface area (Å²) in [6.45, 7) is 7.46. The maximum Gasteiger partial charge on any atom is 0.322 e. The van der Waals surface area contributed by atoms with Crippen LogP contribution < -0.4 is 11.1 Å². The van der Waals surface area contributed by atoms with Crippen LogP contribution in [0.1, 0.15) is 46.4 Å². The lowest BCUT2D eigenvalue weighted by Gasteiger charge is -2.37. The molecule has 0 unspecified atom stereocenters. The van der Waals surface area contributed by atoms with Crippen molar-refractivity contribution in [2.45, 2.75) is 58.5 Å². The molecule has 0 aliphatic carbocycles. The van der Waals surface area contributed by atoms with E-state index in [1.807, 2.05) is 6.07 Å². The van der Waals surface area contributed by atoms with Crippen LogP contribution in [0.2, 0.25) is 0 Å². The third-order valence-electron chi connectivity index (χ3n) is 5.88. The molecule has 0 radical (unpaired) electrons. The highest BCUT2D eigenvalue weighted by molar-refractivity contribution is 5.75. The van der Waals surface area contributed by atoms with Gasteiger partial charge in [-0.1, -0.05) is 27.7 Å². The molecule has 39 heavy (non-hydrogen) atoms. The number of ether oxygens (including phenoxy) is 5. The van der Waals surface area contributed by atoms with E-state index in [4.69, 9.17) is 24.7 Å². The van der Waals surface area contributed by atoms with E-state index in [9.17, 15) is 19.6 Å². The average Bonchev–Trinajstić information content (AvgIpc) is 3.35. The number of nitriles is 1. The van der Waals surface area contributed by atoms with Crippen molar-refractivity contribution in [3.63, 3.8) is 0 Å². The third-order valence-corrected chi connectivity index (χ3v) is 5.88. The quantitative estimate of drug-likeness (QED) is 0.148. The van der Waals surface area contributed by atoms with Crippen molar-refractivity contribution in [3.05, 3.63) is 24.2 Å². The van der Waals surface area contributed by atoms with Gasteiger partial charge in [0, 0.05) is 7.11 Å². The molecule has 214 valence electrons. The molecule has 0 aliphatic rings. The predicted octanol–water partition coefficient (Wildman–Crippen LogP) is 1.15. The van der Waals surface area contributed by atoms with Gasteiger partial charge in [-0.05, 0) is 19.1 Å². The summed E-state index contributed by atoms with van der Waals surface area (Å²) in [7, 11) is 2.49. The summed E-state index contributed by atoms with van der Waals surface area (Å²) in [5.74, 6) is -2.79. The van der Waals surface area contributed by atoms with Gasteiger partial charge >= 0.3 is 17.9 Å². The number of anilines is 1. The standard InChI is InChI=1S/C25H36N6O8/c1-14(2)22(32)38-19(17-8-9-18-21(27)28-12-30-31(17)18)20(39-23(33)15(3)4)25(10-26,36-7)11-37-13-29-16(5)24(34)35-6/h8-9,12,14-16,19-20,29H,11,13H2,1-7H3,(H2,27,28,30)/t16-,19-,20-,25+/m0/s1. The molecule has 0 saturated heterocycles. The van der Waals surface area contributed by atoms with E-state index in [0.29, 0.717) is 5.52 Å². The Morgan fingerprint density at radius 1 is 1.08 bits per heavy atom. The first kappa shape index (κ1) is 31.4. The second kappa shape index (κ2) is 13.8. The highest BCUT2D eigenvalue weighted by Crippen LogP contribution is 2.35. The fraction of sp³-hybridized carbons (Fsp3) is 0.600. The third kappa shape index (κ3) is 7.41. The van der Waals surface area contributed by atoms with E-state index < -0.39 is 60.2 Å². The highest BCUT2D eigenvalue weighted by Gasteiger charge is 2.51. The largest absolute Gasteiger partial charge is 0.468 e.